The van der Waals surface area contributed by atoms with Crippen LogP contribution in [0.2, 0.25) is 0 Å². The molecular formula is C18H22N2O5. The van der Waals surface area contributed by atoms with Crippen LogP contribution in [0.25, 0.3) is 0 Å². The molecule has 3 rings (SSSR count). The molecule has 2 aliphatic heterocycles. The van der Waals surface area contributed by atoms with Gasteiger partial charge in [0.2, 0.25) is 5.91 Å². The zero-order valence-corrected chi connectivity index (χ0v) is 14.2. The van der Waals surface area contributed by atoms with Crippen molar-refractivity contribution in [2.45, 2.75) is 19.3 Å². The number of fused-ring (bicyclic) bond motifs is 1. The summed E-state index contributed by atoms with van der Waals surface area (Å²) in [7, 11) is 1.61. The van der Waals surface area contributed by atoms with Gasteiger partial charge < -0.3 is 19.6 Å². The van der Waals surface area contributed by atoms with Gasteiger partial charge >= 0.3 is 5.97 Å². The first kappa shape index (κ1) is 17.3. The van der Waals surface area contributed by atoms with Gasteiger partial charge in [-0.3, -0.25) is 14.4 Å². The Bertz CT molecular complexity index is 695. The number of hydrogen-bond acceptors (Lipinski definition) is 4. The molecule has 1 N–H and O–H groups in total. The molecule has 25 heavy (non-hydrogen) atoms. The number of ether oxygens (including phenoxy) is 1. The minimum Gasteiger partial charge on any atom is -0.493 e. The molecule has 7 nitrogen and oxygen atoms in total. The predicted molar refractivity (Wildman–Crippen MR) is 89.5 cm³/mol. The fourth-order valence-electron chi connectivity index (χ4n) is 3.29. The van der Waals surface area contributed by atoms with Gasteiger partial charge in [0.05, 0.1) is 19.1 Å². The molecule has 0 aliphatic carbocycles. The second-order valence-corrected chi connectivity index (χ2v) is 6.58. The van der Waals surface area contributed by atoms with E-state index in [-0.39, 0.29) is 24.3 Å². The molecule has 0 radical (unpaired) electrons. The molecule has 134 valence electrons. The molecule has 0 bridgehead atoms. The fraction of sp³-hybridized carbons (Fsp3) is 0.500. The highest BCUT2D eigenvalue weighted by atomic mass is 16.5. The van der Waals surface area contributed by atoms with Crippen LogP contribution in [0.4, 0.5) is 0 Å². The van der Waals surface area contributed by atoms with Crippen molar-refractivity contribution in [2.24, 2.45) is 5.92 Å². The summed E-state index contributed by atoms with van der Waals surface area (Å²) in [4.78, 5) is 38.9. The third-order valence-electron chi connectivity index (χ3n) is 4.85. The summed E-state index contributed by atoms with van der Waals surface area (Å²) in [6.45, 7) is 1.47. The quantitative estimate of drug-likeness (QED) is 0.879. The molecule has 0 atom stereocenters. The van der Waals surface area contributed by atoms with Crippen LogP contribution in [0.15, 0.2) is 18.2 Å². The average Bonchev–Trinajstić information content (AvgIpc) is 3.08. The van der Waals surface area contributed by atoms with E-state index in [1.807, 2.05) is 6.07 Å². The highest BCUT2D eigenvalue weighted by Gasteiger charge is 2.28. The lowest BCUT2D eigenvalue weighted by atomic mass is 9.97. The van der Waals surface area contributed by atoms with Crippen LogP contribution < -0.4 is 4.74 Å². The number of hydrogen-bond donors (Lipinski definition) is 1. The maximum absolute atomic E-state index is 12.5. The van der Waals surface area contributed by atoms with Gasteiger partial charge in [0, 0.05) is 32.1 Å². The number of likely N-dealkylation sites (N-methyl/N-ethyl adjacent to an activating group) is 1. The number of rotatable bonds is 4. The summed E-state index contributed by atoms with van der Waals surface area (Å²) < 4.78 is 5.44. The van der Waals surface area contributed by atoms with E-state index in [1.165, 1.54) is 4.90 Å². The SMILES string of the molecule is CN(CC(=O)N1CCC(C(=O)O)CC1)C(=O)c1ccc2c(c1)CCO2. The number of carbonyl (C=O) groups excluding carboxylic acids is 2. The topological polar surface area (TPSA) is 87.2 Å². The van der Waals surface area contributed by atoms with E-state index in [4.69, 9.17) is 9.84 Å². The van der Waals surface area contributed by atoms with Crippen LogP contribution in [0.3, 0.4) is 0 Å². The lowest BCUT2D eigenvalue weighted by Crippen LogP contribution is -2.45. The molecule has 2 heterocycles. The molecule has 0 aromatic heterocycles. The first-order valence-electron chi connectivity index (χ1n) is 8.47. The molecule has 0 unspecified atom stereocenters. The van der Waals surface area contributed by atoms with Crippen LogP contribution in [0, 0.1) is 5.92 Å². The minimum absolute atomic E-state index is 0.00977. The summed E-state index contributed by atoms with van der Waals surface area (Å²) in [5, 5.41) is 9.01. The van der Waals surface area contributed by atoms with Crippen molar-refractivity contribution >= 4 is 17.8 Å². The van der Waals surface area contributed by atoms with Crippen molar-refractivity contribution in [2.75, 3.05) is 33.3 Å². The monoisotopic (exact) mass is 346 g/mol. The van der Waals surface area contributed by atoms with Gasteiger partial charge in [-0.25, -0.2) is 0 Å². The Morgan fingerprint density at radius 3 is 2.68 bits per heavy atom. The number of nitrogens with zero attached hydrogens (tertiary/aromatic N) is 2. The highest BCUT2D eigenvalue weighted by molar-refractivity contribution is 5.96. The number of carboxylic acid groups (broad SMARTS) is 1. The van der Waals surface area contributed by atoms with E-state index in [0.29, 0.717) is 38.1 Å². The molecule has 2 aliphatic rings. The van der Waals surface area contributed by atoms with Gasteiger partial charge in [-0.15, -0.1) is 0 Å². The van der Waals surface area contributed by atoms with Crippen molar-refractivity contribution in [1.29, 1.82) is 0 Å². The van der Waals surface area contributed by atoms with Gasteiger partial charge in [0.15, 0.2) is 0 Å². The Hall–Kier alpha value is -2.57. The molecule has 0 saturated carbocycles. The molecule has 1 fully saturated rings. The van der Waals surface area contributed by atoms with Crippen molar-refractivity contribution in [3.8, 4) is 5.75 Å². The Morgan fingerprint density at radius 1 is 1.28 bits per heavy atom. The van der Waals surface area contributed by atoms with Crippen LogP contribution in [0.1, 0.15) is 28.8 Å². The van der Waals surface area contributed by atoms with Gasteiger partial charge in [-0.1, -0.05) is 0 Å². The Kier molecular flexibility index (Phi) is 4.92. The largest absolute Gasteiger partial charge is 0.493 e. The standard InChI is InChI=1S/C18H22N2O5/c1-19(11-16(21)20-7-4-12(5-8-20)18(23)24)17(22)14-2-3-15-13(10-14)6-9-25-15/h2-3,10,12H,4-9,11H2,1H3,(H,23,24). The summed E-state index contributed by atoms with van der Waals surface area (Å²) in [6, 6.07) is 5.33. The first-order chi connectivity index (χ1) is 12.0. The molecular weight excluding hydrogens is 324 g/mol. The maximum Gasteiger partial charge on any atom is 0.306 e. The van der Waals surface area contributed by atoms with E-state index in [1.54, 1.807) is 24.1 Å². The number of aliphatic carboxylic acids is 1. The molecule has 7 heteroatoms. The third-order valence-corrected chi connectivity index (χ3v) is 4.85. The summed E-state index contributed by atoms with van der Waals surface area (Å²) in [5.41, 5.74) is 1.56. The fourth-order valence-corrected chi connectivity index (χ4v) is 3.29. The summed E-state index contributed by atoms with van der Waals surface area (Å²) >= 11 is 0. The molecule has 1 saturated heterocycles. The second-order valence-electron chi connectivity index (χ2n) is 6.58. The lowest BCUT2D eigenvalue weighted by Gasteiger charge is -2.31. The Morgan fingerprint density at radius 2 is 2.00 bits per heavy atom. The van der Waals surface area contributed by atoms with E-state index in [2.05, 4.69) is 0 Å². The number of piperidine rings is 1. The maximum atomic E-state index is 12.5. The van der Waals surface area contributed by atoms with E-state index in [9.17, 15) is 14.4 Å². The second kappa shape index (κ2) is 7.13. The average molecular weight is 346 g/mol. The van der Waals surface area contributed by atoms with Crippen LogP contribution in [-0.2, 0) is 16.0 Å². The van der Waals surface area contributed by atoms with Gasteiger partial charge in [-0.2, -0.15) is 0 Å². The minimum atomic E-state index is -0.806. The van der Waals surface area contributed by atoms with E-state index < -0.39 is 5.97 Å². The summed E-state index contributed by atoms with van der Waals surface area (Å²) in [5.74, 6) is -0.721. The van der Waals surface area contributed by atoms with Crippen LogP contribution >= 0.6 is 0 Å². The smallest absolute Gasteiger partial charge is 0.306 e. The number of benzene rings is 1. The van der Waals surface area contributed by atoms with Crippen molar-refractivity contribution in [1.82, 2.24) is 9.80 Å². The van der Waals surface area contributed by atoms with Gasteiger partial charge in [-0.05, 0) is 36.6 Å². The van der Waals surface area contributed by atoms with Gasteiger partial charge in [0.1, 0.15) is 5.75 Å². The number of carboxylic acids is 1. The van der Waals surface area contributed by atoms with Crippen molar-refractivity contribution in [3.05, 3.63) is 29.3 Å². The molecule has 2 amide bonds. The molecule has 1 aromatic carbocycles. The molecule has 0 spiro atoms. The highest BCUT2D eigenvalue weighted by Crippen LogP contribution is 2.26. The van der Waals surface area contributed by atoms with Crippen molar-refractivity contribution in [3.63, 3.8) is 0 Å². The predicted octanol–water partition coefficient (Wildman–Crippen LogP) is 1.02. The zero-order valence-electron chi connectivity index (χ0n) is 14.2. The summed E-state index contributed by atoms with van der Waals surface area (Å²) in [6.07, 6.45) is 1.71. The number of carbonyl (C=O) groups is 3. The normalized spacial score (nSPS) is 16.9. The zero-order chi connectivity index (χ0) is 18.0. The van der Waals surface area contributed by atoms with Crippen LogP contribution in [0.5, 0.6) is 5.75 Å². The first-order valence-corrected chi connectivity index (χ1v) is 8.47. The van der Waals surface area contributed by atoms with E-state index in [0.717, 1.165) is 17.7 Å². The number of likely N-dealkylation sites (tertiary alicyclic amines) is 1. The third kappa shape index (κ3) is 3.75. The Balaban J connectivity index is 1.56. The van der Waals surface area contributed by atoms with Crippen LogP contribution in [-0.4, -0.2) is 66.0 Å². The Labute approximate surface area is 146 Å². The van der Waals surface area contributed by atoms with E-state index >= 15 is 0 Å². The number of amides is 2. The van der Waals surface area contributed by atoms with Crippen molar-refractivity contribution < 1.29 is 24.2 Å². The van der Waals surface area contributed by atoms with Gasteiger partial charge in [0.25, 0.3) is 5.91 Å². The lowest BCUT2D eigenvalue weighted by molar-refractivity contribution is -0.145. The molecule has 1 aromatic rings.